The van der Waals surface area contributed by atoms with Gasteiger partial charge in [-0.25, -0.2) is 4.98 Å². The second-order valence-electron chi connectivity index (χ2n) is 7.01. The summed E-state index contributed by atoms with van der Waals surface area (Å²) in [5.41, 5.74) is 1.26. The molecule has 0 spiro atoms. The highest BCUT2D eigenvalue weighted by atomic mass is 32.2. The van der Waals surface area contributed by atoms with Gasteiger partial charge in [-0.3, -0.25) is 4.99 Å². The first-order chi connectivity index (χ1) is 12.3. The maximum absolute atomic E-state index is 4.56. The highest BCUT2D eigenvalue weighted by molar-refractivity contribution is 7.99. The molecule has 0 amide bonds. The number of nitrogens with zero attached hydrogens (tertiary/aromatic N) is 3. The summed E-state index contributed by atoms with van der Waals surface area (Å²) in [5, 5.41) is 7.83. The van der Waals surface area contributed by atoms with E-state index in [-0.39, 0.29) is 0 Å². The van der Waals surface area contributed by atoms with Crippen molar-refractivity contribution in [1.82, 2.24) is 15.6 Å². The molecule has 5 nitrogen and oxygen atoms in total. The lowest BCUT2D eigenvalue weighted by atomic mass is 10.1. The van der Waals surface area contributed by atoms with Gasteiger partial charge in [0, 0.05) is 44.2 Å². The lowest BCUT2D eigenvalue weighted by molar-refractivity contribution is 0.573. The third-order valence-corrected chi connectivity index (χ3v) is 6.33. The van der Waals surface area contributed by atoms with Crippen LogP contribution in [0.4, 0.5) is 5.82 Å². The first-order valence-electron chi connectivity index (χ1n) is 9.48. The van der Waals surface area contributed by atoms with Gasteiger partial charge in [0.1, 0.15) is 5.82 Å². The van der Waals surface area contributed by atoms with Crippen LogP contribution in [0.3, 0.4) is 0 Å². The van der Waals surface area contributed by atoms with Crippen molar-refractivity contribution < 1.29 is 0 Å². The van der Waals surface area contributed by atoms with E-state index in [4.69, 9.17) is 0 Å². The van der Waals surface area contributed by atoms with E-state index < -0.39 is 0 Å². The third-order valence-electron chi connectivity index (χ3n) is 5.23. The van der Waals surface area contributed by atoms with Crippen molar-refractivity contribution in [2.24, 2.45) is 4.99 Å². The van der Waals surface area contributed by atoms with Crippen LogP contribution in [0.5, 0.6) is 0 Å². The largest absolute Gasteiger partial charge is 0.357 e. The van der Waals surface area contributed by atoms with Crippen molar-refractivity contribution in [2.45, 2.75) is 56.4 Å². The predicted octanol–water partition coefficient (Wildman–Crippen LogP) is 3.02. The predicted molar refractivity (Wildman–Crippen MR) is 109 cm³/mol. The topological polar surface area (TPSA) is 52.6 Å². The number of hydrogen-bond acceptors (Lipinski definition) is 4. The number of hydrogen-bond donors (Lipinski definition) is 2. The summed E-state index contributed by atoms with van der Waals surface area (Å²) in [6.45, 7) is 3.04. The van der Waals surface area contributed by atoms with Crippen LogP contribution in [0.25, 0.3) is 0 Å². The van der Waals surface area contributed by atoms with Crippen molar-refractivity contribution in [3.63, 3.8) is 0 Å². The Balaban J connectivity index is 1.51. The fourth-order valence-corrected chi connectivity index (χ4v) is 4.52. The van der Waals surface area contributed by atoms with E-state index in [0.29, 0.717) is 6.04 Å². The average molecular weight is 362 g/mol. The van der Waals surface area contributed by atoms with E-state index in [1.165, 1.54) is 44.1 Å². The van der Waals surface area contributed by atoms with Gasteiger partial charge in [0.05, 0.1) is 0 Å². The minimum absolute atomic E-state index is 0.546. The Labute approximate surface area is 156 Å². The monoisotopic (exact) mass is 361 g/mol. The lowest BCUT2D eigenvalue weighted by Crippen LogP contribution is -2.42. The first kappa shape index (κ1) is 18.4. The van der Waals surface area contributed by atoms with E-state index in [1.54, 1.807) is 0 Å². The standard InChI is InChI=1S/C19H31N5S/c1-20-19(23-16-6-7-17(13-16)25-2)22-14-15-8-9-21-18(12-15)24-10-4-3-5-11-24/h8-9,12,16-17H,3-7,10-11,13-14H2,1-2H3,(H2,20,22,23). The molecule has 2 heterocycles. The summed E-state index contributed by atoms with van der Waals surface area (Å²) < 4.78 is 0. The molecule has 1 aliphatic carbocycles. The van der Waals surface area contributed by atoms with Gasteiger partial charge >= 0.3 is 0 Å². The van der Waals surface area contributed by atoms with Gasteiger partial charge in [0.25, 0.3) is 0 Å². The SMILES string of the molecule is CN=C(NCc1ccnc(N2CCCCC2)c1)NC1CCC(SC)C1. The van der Waals surface area contributed by atoms with Crippen LogP contribution in [-0.4, -0.2) is 48.6 Å². The molecular weight excluding hydrogens is 330 g/mol. The number of aliphatic imine (C=N–C) groups is 1. The summed E-state index contributed by atoms with van der Waals surface area (Å²) in [5.74, 6) is 2.02. The molecule has 1 aliphatic heterocycles. The minimum atomic E-state index is 0.546. The van der Waals surface area contributed by atoms with Gasteiger partial charge in [-0.1, -0.05) is 0 Å². The number of guanidine groups is 1. The number of aromatic nitrogens is 1. The summed E-state index contributed by atoms with van der Waals surface area (Å²) in [7, 11) is 1.85. The molecule has 2 N–H and O–H groups in total. The average Bonchev–Trinajstić information content (AvgIpc) is 3.13. The minimum Gasteiger partial charge on any atom is -0.357 e. The highest BCUT2D eigenvalue weighted by Gasteiger charge is 2.24. The summed E-state index contributed by atoms with van der Waals surface area (Å²) in [4.78, 5) is 11.4. The molecule has 138 valence electrons. The number of rotatable bonds is 5. The lowest BCUT2D eigenvalue weighted by Gasteiger charge is -2.28. The molecule has 1 saturated carbocycles. The van der Waals surface area contributed by atoms with Crippen molar-refractivity contribution in [3.05, 3.63) is 23.9 Å². The Morgan fingerprint density at radius 3 is 2.88 bits per heavy atom. The van der Waals surface area contributed by atoms with E-state index in [0.717, 1.165) is 36.7 Å². The normalized spacial score (nSPS) is 24.4. The van der Waals surface area contributed by atoms with Crippen molar-refractivity contribution in [1.29, 1.82) is 0 Å². The van der Waals surface area contributed by atoms with Crippen LogP contribution in [0.2, 0.25) is 0 Å². The number of piperidine rings is 1. The Hall–Kier alpha value is -1.43. The number of pyridine rings is 1. The van der Waals surface area contributed by atoms with Gasteiger partial charge in [-0.15, -0.1) is 0 Å². The Kier molecular flexibility index (Phi) is 6.84. The van der Waals surface area contributed by atoms with Crippen LogP contribution in [0.1, 0.15) is 44.1 Å². The molecule has 1 saturated heterocycles. The molecule has 0 radical (unpaired) electrons. The molecule has 6 heteroatoms. The molecule has 2 fully saturated rings. The molecular formula is C19H31N5S. The van der Waals surface area contributed by atoms with Crippen LogP contribution in [0.15, 0.2) is 23.3 Å². The van der Waals surface area contributed by atoms with E-state index in [1.807, 2.05) is 25.0 Å². The zero-order valence-corrected chi connectivity index (χ0v) is 16.3. The Morgan fingerprint density at radius 2 is 2.16 bits per heavy atom. The molecule has 1 aromatic rings. The quantitative estimate of drug-likeness (QED) is 0.624. The maximum atomic E-state index is 4.56. The molecule has 2 atom stereocenters. The first-order valence-corrected chi connectivity index (χ1v) is 10.8. The van der Waals surface area contributed by atoms with E-state index in [2.05, 4.69) is 43.9 Å². The molecule has 25 heavy (non-hydrogen) atoms. The van der Waals surface area contributed by atoms with Crippen LogP contribution in [-0.2, 0) is 6.54 Å². The molecule has 1 aromatic heterocycles. The third kappa shape index (κ3) is 5.27. The van der Waals surface area contributed by atoms with E-state index >= 15 is 0 Å². The van der Waals surface area contributed by atoms with E-state index in [9.17, 15) is 0 Å². The molecule has 3 rings (SSSR count). The van der Waals surface area contributed by atoms with Crippen LogP contribution in [0, 0.1) is 0 Å². The van der Waals surface area contributed by atoms with Gasteiger partial charge in [-0.2, -0.15) is 11.8 Å². The number of anilines is 1. The van der Waals surface area contributed by atoms with Crippen molar-refractivity contribution in [3.8, 4) is 0 Å². The van der Waals surface area contributed by atoms with Crippen LogP contribution >= 0.6 is 11.8 Å². The van der Waals surface area contributed by atoms with Gasteiger partial charge in [0.15, 0.2) is 5.96 Å². The summed E-state index contributed by atoms with van der Waals surface area (Å²) >= 11 is 1.98. The molecule has 2 aliphatic rings. The smallest absolute Gasteiger partial charge is 0.191 e. The molecule has 0 aromatic carbocycles. The fraction of sp³-hybridized carbons (Fsp3) is 0.684. The summed E-state index contributed by atoms with van der Waals surface area (Å²) in [6.07, 6.45) is 11.8. The summed E-state index contributed by atoms with van der Waals surface area (Å²) in [6, 6.07) is 4.85. The Bertz CT molecular complexity index is 571. The Morgan fingerprint density at radius 1 is 1.32 bits per heavy atom. The maximum Gasteiger partial charge on any atom is 0.191 e. The zero-order chi connectivity index (χ0) is 17.5. The second kappa shape index (κ2) is 9.32. The zero-order valence-electron chi connectivity index (χ0n) is 15.5. The van der Waals surface area contributed by atoms with Crippen LogP contribution < -0.4 is 15.5 Å². The van der Waals surface area contributed by atoms with Crippen molar-refractivity contribution in [2.75, 3.05) is 31.3 Å². The van der Waals surface area contributed by atoms with Gasteiger partial charge in [-0.05, 0) is 62.5 Å². The molecule has 0 bridgehead atoms. The number of thioether (sulfide) groups is 1. The highest BCUT2D eigenvalue weighted by Crippen LogP contribution is 2.28. The second-order valence-corrected chi connectivity index (χ2v) is 8.15. The van der Waals surface area contributed by atoms with Crippen molar-refractivity contribution >= 4 is 23.5 Å². The van der Waals surface area contributed by atoms with Gasteiger partial charge in [0.2, 0.25) is 0 Å². The number of nitrogens with one attached hydrogen (secondary N) is 2. The molecule has 2 unspecified atom stereocenters. The fourth-order valence-electron chi connectivity index (χ4n) is 3.73. The van der Waals surface area contributed by atoms with Gasteiger partial charge < -0.3 is 15.5 Å².